The van der Waals surface area contributed by atoms with Crippen molar-refractivity contribution in [1.29, 1.82) is 0 Å². The number of amides is 1. The second kappa shape index (κ2) is 5.61. The molecule has 3 nitrogen and oxygen atoms in total. The summed E-state index contributed by atoms with van der Waals surface area (Å²) in [5.74, 6) is -0.153. The molecule has 2 rings (SSSR count). The highest BCUT2D eigenvalue weighted by Gasteiger charge is 1.96. The van der Waals surface area contributed by atoms with Gasteiger partial charge in [-0.15, -0.1) is 0 Å². The van der Waals surface area contributed by atoms with Crippen LogP contribution in [-0.2, 0) is 4.79 Å². The van der Waals surface area contributed by atoms with Gasteiger partial charge in [-0.2, -0.15) is 0 Å². The molecule has 84 valence electrons. The lowest BCUT2D eigenvalue weighted by molar-refractivity contribution is -0.111. The molecule has 0 bridgehead atoms. The minimum Gasteiger partial charge on any atom is -0.322 e. The average molecular weight is 224 g/mol. The molecule has 0 unspecified atom stereocenters. The second-order valence-corrected chi connectivity index (χ2v) is 3.47. The summed E-state index contributed by atoms with van der Waals surface area (Å²) >= 11 is 0. The van der Waals surface area contributed by atoms with E-state index in [1.807, 2.05) is 30.3 Å². The van der Waals surface area contributed by atoms with Crippen LogP contribution in [0.1, 0.15) is 5.56 Å². The monoisotopic (exact) mass is 224 g/mol. The highest BCUT2D eigenvalue weighted by atomic mass is 16.1. The first-order valence-electron chi connectivity index (χ1n) is 5.29. The van der Waals surface area contributed by atoms with Gasteiger partial charge in [0.1, 0.15) is 0 Å². The van der Waals surface area contributed by atoms with Crippen LogP contribution in [0.2, 0.25) is 0 Å². The van der Waals surface area contributed by atoms with Crippen molar-refractivity contribution in [3.05, 3.63) is 66.5 Å². The van der Waals surface area contributed by atoms with Crippen LogP contribution in [0, 0.1) is 0 Å². The molecular formula is C14H12N2O. The lowest BCUT2D eigenvalue weighted by Gasteiger charge is -2.00. The number of nitrogens with zero attached hydrogens (tertiary/aromatic N) is 1. The Morgan fingerprint density at radius 1 is 1.06 bits per heavy atom. The molecule has 0 radical (unpaired) electrons. The largest absolute Gasteiger partial charge is 0.322 e. The summed E-state index contributed by atoms with van der Waals surface area (Å²) < 4.78 is 0. The van der Waals surface area contributed by atoms with Gasteiger partial charge in [-0.3, -0.25) is 9.78 Å². The van der Waals surface area contributed by atoms with Crippen molar-refractivity contribution in [3.8, 4) is 0 Å². The zero-order valence-corrected chi connectivity index (χ0v) is 9.21. The number of pyridine rings is 1. The molecular weight excluding hydrogens is 212 g/mol. The first-order valence-corrected chi connectivity index (χ1v) is 5.29. The molecule has 0 spiro atoms. The normalized spacial score (nSPS) is 10.4. The van der Waals surface area contributed by atoms with Crippen molar-refractivity contribution in [2.75, 3.05) is 5.32 Å². The van der Waals surface area contributed by atoms with E-state index in [9.17, 15) is 4.79 Å². The Kier molecular flexibility index (Phi) is 3.65. The maximum Gasteiger partial charge on any atom is 0.248 e. The van der Waals surface area contributed by atoms with Gasteiger partial charge >= 0.3 is 0 Å². The third-order valence-corrected chi connectivity index (χ3v) is 2.17. The molecule has 1 heterocycles. The van der Waals surface area contributed by atoms with E-state index in [-0.39, 0.29) is 5.91 Å². The van der Waals surface area contributed by atoms with Gasteiger partial charge in [0, 0.05) is 24.2 Å². The molecule has 1 N–H and O–H groups in total. The summed E-state index contributed by atoms with van der Waals surface area (Å²) in [4.78, 5) is 15.4. The van der Waals surface area contributed by atoms with E-state index in [4.69, 9.17) is 0 Å². The average Bonchev–Trinajstić information content (AvgIpc) is 2.39. The van der Waals surface area contributed by atoms with E-state index in [0.29, 0.717) is 0 Å². The molecule has 0 saturated heterocycles. The Labute approximate surface area is 99.8 Å². The van der Waals surface area contributed by atoms with Gasteiger partial charge in [-0.05, 0) is 23.8 Å². The number of hydrogen-bond acceptors (Lipinski definition) is 2. The van der Waals surface area contributed by atoms with Crippen molar-refractivity contribution < 1.29 is 4.79 Å². The third-order valence-electron chi connectivity index (χ3n) is 2.17. The highest BCUT2D eigenvalue weighted by Crippen LogP contribution is 2.04. The van der Waals surface area contributed by atoms with Gasteiger partial charge < -0.3 is 5.32 Å². The fourth-order valence-corrected chi connectivity index (χ4v) is 1.36. The van der Waals surface area contributed by atoms with Crippen LogP contribution < -0.4 is 5.32 Å². The molecule has 1 aromatic carbocycles. The SMILES string of the molecule is O=C(/C=C\c1ccccc1)Nc1ccncc1. The molecule has 3 heteroatoms. The molecule has 0 atom stereocenters. The van der Waals surface area contributed by atoms with Crippen molar-refractivity contribution in [1.82, 2.24) is 4.98 Å². The number of hydrogen-bond donors (Lipinski definition) is 1. The predicted octanol–water partition coefficient (Wildman–Crippen LogP) is 2.73. The first kappa shape index (κ1) is 11.1. The molecule has 0 saturated carbocycles. The highest BCUT2D eigenvalue weighted by molar-refractivity contribution is 6.01. The number of rotatable bonds is 3. The number of anilines is 1. The molecule has 17 heavy (non-hydrogen) atoms. The summed E-state index contributed by atoms with van der Waals surface area (Å²) in [6.45, 7) is 0. The number of benzene rings is 1. The second-order valence-electron chi connectivity index (χ2n) is 3.47. The summed E-state index contributed by atoms with van der Waals surface area (Å²) in [5.41, 5.74) is 1.74. The number of nitrogens with one attached hydrogen (secondary N) is 1. The smallest absolute Gasteiger partial charge is 0.248 e. The maximum absolute atomic E-state index is 11.6. The van der Waals surface area contributed by atoms with E-state index >= 15 is 0 Å². The van der Waals surface area contributed by atoms with Crippen LogP contribution in [0.4, 0.5) is 5.69 Å². The predicted molar refractivity (Wildman–Crippen MR) is 68.3 cm³/mol. The van der Waals surface area contributed by atoms with Gasteiger partial charge in [0.25, 0.3) is 0 Å². The zero-order valence-electron chi connectivity index (χ0n) is 9.21. The van der Waals surface area contributed by atoms with Crippen LogP contribution in [0.25, 0.3) is 6.08 Å². The van der Waals surface area contributed by atoms with Crippen LogP contribution in [0.3, 0.4) is 0 Å². The Morgan fingerprint density at radius 2 is 1.76 bits per heavy atom. The molecule has 0 aliphatic heterocycles. The van der Waals surface area contributed by atoms with Gasteiger partial charge in [0.15, 0.2) is 0 Å². The summed E-state index contributed by atoms with van der Waals surface area (Å²) in [6.07, 6.45) is 6.55. The van der Waals surface area contributed by atoms with Gasteiger partial charge in [0.2, 0.25) is 5.91 Å². The molecule has 0 fully saturated rings. The van der Waals surface area contributed by atoms with Crippen molar-refractivity contribution in [2.45, 2.75) is 0 Å². The minimum absolute atomic E-state index is 0.153. The lowest BCUT2D eigenvalue weighted by Crippen LogP contribution is -2.07. The van der Waals surface area contributed by atoms with E-state index in [1.54, 1.807) is 30.6 Å². The van der Waals surface area contributed by atoms with Crippen molar-refractivity contribution in [3.63, 3.8) is 0 Å². The van der Waals surface area contributed by atoms with Crippen LogP contribution >= 0.6 is 0 Å². The molecule has 0 aliphatic rings. The number of aromatic nitrogens is 1. The summed E-state index contributed by atoms with van der Waals surface area (Å²) in [5, 5.41) is 2.75. The van der Waals surface area contributed by atoms with E-state index in [1.165, 1.54) is 6.08 Å². The fraction of sp³-hybridized carbons (Fsp3) is 0. The first-order chi connectivity index (χ1) is 8.34. The van der Waals surface area contributed by atoms with Crippen LogP contribution in [0.15, 0.2) is 60.9 Å². The van der Waals surface area contributed by atoms with E-state index in [0.717, 1.165) is 11.3 Å². The fourth-order valence-electron chi connectivity index (χ4n) is 1.36. The quantitative estimate of drug-likeness (QED) is 0.814. The summed E-state index contributed by atoms with van der Waals surface area (Å²) in [7, 11) is 0. The maximum atomic E-state index is 11.6. The zero-order chi connectivity index (χ0) is 11.9. The Hall–Kier alpha value is -2.42. The Balaban J connectivity index is 1.96. The van der Waals surface area contributed by atoms with Crippen molar-refractivity contribution in [2.24, 2.45) is 0 Å². The van der Waals surface area contributed by atoms with Gasteiger partial charge in [-0.1, -0.05) is 30.3 Å². The van der Waals surface area contributed by atoms with Gasteiger partial charge in [-0.25, -0.2) is 0 Å². The Morgan fingerprint density at radius 3 is 2.47 bits per heavy atom. The molecule has 0 aliphatic carbocycles. The van der Waals surface area contributed by atoms with E-state index in [2.05, 4.69) is 10.3 Å². The van der Waals surface area contributed by atoms with Crippen molar-refractivity contribution >= 4 is 17.7 Å². The van der Waals surface area contributed by atoms with Crippen LogP contribution in [0.5, 0.6) is 0 Å². The molecule has 1 aromatic heterocycles. The van der Waals surface area contributed by atoms with Crippen LogP contribution in [-0.4, -0.2) is 10.9 Å². The number of carbonyl (C=O) groups excluding carboxylic acids is 1. The minimum atomic E-state index is -0.153. The number of carbonyl (C=O) groups is 1. The summed E-state index contributed by atoms with van der Waals surface area (Å²) in [6, 6.07) is 13.2. The van der Waals surface area contributed by atoms with Gasteiger partial charge in [0.05, 0.1) is 0 Å². The standard InChI is InChI=1S/C14H12N2O/c17-14(16-13-8-10-15-11-9-13)7-6-12-4-2-1-3-5-12/h1-11H,(H,15,16,17)/b7-6-. The molecule has 1 amide bonds. The Bertz CT molecular complexity index is 506. The van der Waals surface area contributed by atoms with E-state index < -0.39 is 0 Å². The lowest BCUT2D eigenvalue weighted by atomic mass is 10.2. The molecule has 2 aromatic rings. The topological polar surface area (TPSA) is 42.0 Å². The third kappa shape index (κ3) is 3.57.